The number of hydrogen-bond acceptors (Lipinski definition) is 2. The van der Waals surface area contributed by atoms with Gasteiger partial charge in [-0.2, -0.15) is 0 Å². The van der Waals surface area contributed by atoms with Crippen molar-refractivity contribution in [2.24, 2.45) is 0 Å². The normalized spacial score (nSPS) is 23.5. The molecule has 2 aliphatic heterocycles. The molecular weight excluding hydrogens is 320 g/mol. The van der Waals surface area contributed by atoms with Crippen molar-refractivity contribution in [2.75, 3.05) is 32.7 Å². The fraction of sp³-hybridized carbons (Fsp3) is 0.696. The minimum atomic E-state index is 0.387. The maximum Gasteiger partial charge on any atom is 0.223 e. The Labute approximate surface area is 158 Å². The summed E-state index contributed by atoms with van der Waals surface area (Å²) in [6.07, 6.45) is 12.1. The molecule has 0 unspecified atom stereocenters. The number of aryl methyl sites for hydroxylation is 1. The van der Waals surface area contributed by atoms with E-state index >= 15 is 0 Å². The average molecular weight is 355 g/mol. The van der Waals surface area contributed by atoms with Crippen molar-refractivity contribution in [3.63, 3.8) is 0 Å². The zero-order valence-electron chi connectivity index (χ0n) is 16.2. The van der Waals surface area contributed by atoms with Crippen molar-refractivity contribution in [3.05, 3.63) is 35.4 Å². The third-order valence-electron chi connectivity index (χ3n) is 7.13. The maximum atomic E-state index is 12.6. The van der Waals surface area contributed by atoms with Crippen LogP contribution in [-0.2, 0) is 16.6 Å². The molecule has 142 valence electrons. The van der Waals surface area contributed by atoms with Gasteiger partial charge in [-0.25, -0.2) is 0 Å². The van der Waals surface area contributed by atoms with Crippen LogP contribution in [0.3, 0.4) is 0 Å². The van der Waals surface area contributed by atoms with E-state index in [9.17, 15) is 4.79 Å². The molecular formula is C23H34N2O. The molecule has 2 heterocycles. The summed E-state index contributed by atoms with van der Waals surface area (Å²) in [5.74, 6) is 0.387. The number of piperidine rings is 1. The molecule has 3 aliphatic rings. The Balaban J connectivity index is 1.26. The first-order chi connectivity index (χ1) is 12.8. The summed E-state index contributed by atoms with van der Waals surface area (Å²) < 4.78 is 0. The monoisotopic (exact) mass is 354 g/mol. The van der Waals surface area contributed by atoms with Gasteiger partial charge in [-0.1, -0.05) is 43.5 Å². The molecule has 1 aromatic rings. The highest BCUT2D eigenvalue weighted by atomic mass is 16.2. The van der Waals surface area contributed by atoms with E-state index in [1.54, 1.807) is 11.1 Å². The molecule has 26 heavy (non-hydrogen) atoms. The van der Waals surface area contributed by atoms with Crippen molar-refractivity contribution in [3.8, 4) is 0 Å². The van der Waals surface area contributed by atoms with Crippen LogP contribution in [0.15, 0.2) is 24.3 Å². The number of rotatable bonds is 3. The second kappa shape index (κ2) is 8.12. The van der Waals surface area contributed by atoms with Gasteiger partial charge in [-0.15, -0.1) is 0 Å². The first-order valence-corrected chi connectivity index (χ1v) is 10.9. The summed E-state index contributed by atoms with van der Waals surface area (Å²) in [4.78, 5) is 17.3. The molecule has 2 fully saturated rings. The number of amides is 1. The minimum absolute atomic E-state index is 0.387. The molecule has 2 saturated heterocycles. The number of benzene rings is 1. The highest BCUT2D eigenvalue weighted by Crippen LogP contribution is 2.46. The molecule has 0 aromatic heterocycles. The van der Waals surface area contributed by atoms with E-state index in [1.807, 2.05) is 0 Å². The number of fused-ring (bicyclic) bond motifs is 2. The fourth-order valence-corrected chi connectivity index (χ4v) is 5.40. The van der Waals surface area contributed by atoms with Gasteiger partial charge in [0.2, 0.25) is 5.91 Å². The predicted molar refractivity (Wildman–Crippen MR) is 106 cm³/mol. The number of nitrogens with zero attached hydrogens (tertiary/aromatic N) is 2. The lowest BCUT2D eigenvalue weighted by Crippen LogP contribution is -2.43. The van der Waals surface area contributed by atoms with Crippen LogP contribution in [0.4, 0.5) is 0 Å². The van der Waals surface area contributed by atoms with Gasteiger partial charge in [-0.05, 0) is 68.2 Å². The summed E-state index contributed by atoms with van der Waals surface area (Å²) in [5.41, 5.74) is 3.63. The fourth-order valence-electron chi connectivity index (χ4n) is 5.40. The molecule has 1 amide bonds. The van der Waals surface area contributed by atoms with Crippen LogP contribution in [0.2, 0.25) is 0 Å². The highest BCUT2D eigenvalue weighted by molar-refractivity contribution is 5.76. The van der Waals surface area contributed by atoms with E-state index in [0.29, 0.717) is 17.7 Å². The van der Waals surface area contributed by atoms with Gasteiger partial charge >= 0.3 is 0 Å². The topological polar surface area (TPSA) is 23.6 Å². The quantitative estimate of drug-likeness (QED) is 0.814. The maximum absolute atomic E-state index is 12.6. The molecule has 0 saturated carbocycles. The second-order valence-corrected chi connectivity index (χ2v) is 8.68. The lowest BCUT2D eigenvalue weighted by Gasteiger charge is -2.40. The zero-order chi connectivity index (χ0) is 17.8. The van der Waals surface area contributed by atoms with Gasteiger partial charge in [0.15, 0.2) is 0 Å². The van der Waals surface area contributed by atoms with Crippen molar-refractivity contribution < 1.29 is 4.79 Å². The number of hydrogen-bond donors (Lipinski definition) is 0. The first-order valence-electron chi connectivity index (χ1n) is 10.9. The predicted octanol–water partition coefficient (Wildman–Crippen LogP) is 4.15. The largest absolute Gasteiger partial charge is 0.343 e. The standard InChI is InChI=1S/C23H34N2O/c26-22(25-15-6-2-1-3-7-16-25)11-17-24-18-13-23(14-19-24)12-10-20-8-4-5-9-21(20)23/h4-5,8-9H,1-3,6-7,10-19H2. The van der Waals surface area contributed by atoms with Crippen molar-refractivity contribution >= 4 is 5.91 Å². The van der Waals surface area contributed by atoms with E-state index < -0.39 is 0 Å². The van der Waals surface area contributed by atoms with E-state index in [-0.39, 0.29) is 0 Å². The Kier molecular flexibility index (Phi) is 5.63. The Morgan fingerprint density at radius 1 is 0.885 bits per heavy atom. The van der Waals surface area contributed by atoms with Gasteiger partial charge in [0.25, 0.3) is 0 Å². The molecule has 4 rings (SSSR count). The van der Waals surface area contributed by atoms with Crippen LogP contribution in [0.25, 0.3) is 0 Å². The van der Waals surface area contributed by atoms with Gasteiger partial charge in [-0.3, -0.25) is 4.79 Å². The highest BCUT2D eigenvalue weighted by Gasteiger charge is 2.40. The molecule has 3 nitrogen and oxygen atoms in total. The van der Waals surface area contributed by atoms with Crippen LogP contribution in [0.5, 0.6) is 0 Å². The molecule has 0 atom stereocenters. The van der Waals surface area contributed by atoms with Crippen LogP contribution in [0, 0.1) is 0 Å². The molecule has 0 bridgehead atoms. The molecule has 1 aromatic carbocycles. The number of likely N-dealkylation sites (tertiary alicyclic amines) is 2. The summed E-state index contributed by atoms with van der Waals surface area (Å²) in [7, 11) is 0. The Bertz CT molecular complexity index is 610. The zero-order valence-corrected chi connectivity index (χ0v) is 16.2. The molecule has 3 heteroatoms. The molecule has 0 N–H and O–H groups in total. The molecule has 1 aliphatic carbocycles. The Hall–Kier alpha value is -1.35. The van der Waals surface area contributed by atoms with E-state index in [4.69, 9.17) is 0 Å². The lowest BCUT2D eigenvalue weighted by atomic mass is 9.74. The second-order valence-electron chi connectivity index (χ2n) is 8.68. The van der Waals surface area contributed by atoms with Crippen molar-refractivity contribution in [1.82, 2.24) is 9.80 Å². The van der Waals surface area contributed by atoms with Crippen molar-refractivity contribution in [2.45, 2.75) is 69.6 Å². The van der Waals surface area contributed by atoms with Gasteiger partial charge in [0, 0.05) is 26.1 Å². The van der Waals surface area contributed by atoms with Crippen LogP contribution < -0.4 is 0 Å². The first kappa shape index (κ1) is 18.0. The van der Waals surface area contributed by atoms with Crippen molar-refractivity contribution in [1.29, 1.82) is 0 Å². The van der Waals surface area contributed by atoms with Crippen LogP contribution >= 0.6 is 0 Å². The number of carbonyl (C=O) groups excluding carboxylic acids is 1. The van der Waals surface area contributed by atoms with E-state index in [0.717, 1.165) is 32.7 Å². The van der Waals surface area contributed by atoms with E-state index in [1.165, 1.54) is 57.8 Å². The third-order valence-corrected chi connectivity index (χ3v) is 7.13. The number of carbonyl (C=O) groups is 1. The smallest absolute Gasteiger partial charge is 0.223 e. The minimum Gasteiger partial charge on any atom is -0.343 e. The lowest BCUT2D eigenvalue weighted by molar-refractivity contribution is -0.132. The van der Waals surface area contributed by atoms with Gasteiger partial charge < -0.3 is 9.80 Å². The third kappa shape index (κ3) is 3.83. The summed E-state index contributed by atoms with van der Waals surface area (Å²) in [6, 6.07) is 9.08. The van der Waals surface area contributed by atoms with Crippen LogP contribution in [-0.4, -0.2) is 48.4 Å². The van der Waals surface area contributed by atoms with Crippen LogP contribution in [0.1, 0.15) is 68.9 Å². The summed E-state index contributed by atoms with van der Waals surface area (Å²) in [5, 5.41) is 0. The summed E-state index contributed by atoms with van der Waals surface area (Å²) in [6.45, 7) is 5.23. The van der Waals surface area contributed by atoms with E-state index in [2.05, 4.69) is 34.1 Å². The van der Waals surface area contributed by atoms with Gasteiger partial charge in [0.05, 0.1) is 0 Å². The van der Waals surface area contributed by atoms with Gasteiger partial charge in [0.1, 0.15) is 0 Å². The SMILES string of the molecule is O=C(CCN1CCC2(CCc3ccccc32)CC1)N1CCCCCCC1. The Morgan fingerprint density at radius 3 is 2.35 bits per heavy atom. The molecule has 1 spiro atoms. The Morgan fingerprint density at radius 2 is 1.58 bits per heavy atom. The summed E-state index contributed by atoms with van der Waals surface area (Å²) >= 11 is 0. The average Bonchev–Trinajstić information content (AvgIpc) is 3.00. The molecule has 0 radical (unpaired) electrons.